The number of aromatic nitrogens is 1. The van der Waals surface area contributed by atoms with Gasteiger partial charge in [-0.15, -0.1) is 11.3 Å². The minimum Gasteiger partial charge on any atom is -0.319 e. The van der Waals surface area contributed by atoms with Crippen molar-refractivity contribution < 1.29 is 18.0 Å². The Morgan fingerprint density at radius 3 is 2.46 bits per heavy atom. The average molecular weight is 376 g/mol. The van der Waals surface area contributed by atoms with E-state index in [1.165, 1.54) is 11.3 Å². The van der Waals surface area contributed by atoms with E-state index in [4.69, 9.17) is 0 Å². The molecule has 0 saturated heterocycles. The third-order valence-corrected chi connectivity index (χ3v) is 4.76. The number of aryl methyl sites for hydroxylation is 1. The Balaban J connectivity index is 2.04. The number of hydrogen-bond donors (Lipinski definition) is 0. The quantitative estimate of drug-likeness (QED) is 0.631. The molecule has 3 nitrogen and oxygen atoms in total. The molecule has 134 valence electrons. The highest BCUT2D eigenvalue weighted by molar-refractivity contribution is 7.07. The van der Waals surface area contributed by atoms with Crippen LogP contribution in [0.2, 0.25) is 0 Å². The largest absolute Gasteiger partial charge is 0.416 e. The summed E-state index contributed by atoms with van der Waals surface area (Å²) in [5.74, 6) is -0.394. The molecule has 3 rings (SSSR count). The highest BCUT2D eigenvalue weighted by Gasteiger charge is 2.31. The zero-order valence-electron chi connectivity index (χ0n) is 14.0. The molecule has 1 heterocycles. The minimum absolute atomic E-state index is 0.394. The molecule has 0 N–H and O–H groups in total. The number of amides is 1. The van der Waals surface area contributed by atoms with Crippen molar-refractivity contribution in [3.63, 3.8) is 0 Å². The van der Waals surface area contributed by atoms with Gasteiger partial charge >= 0.3 is 6.18 Å². The number of halogens is 3. The van der Waals surface area contributed by atoms with Crippen molar-refractivity contribution in [3.8, 4) is 11.3 Å². The first kappa shape index (κ1) is 18.1. The predicted molar refractivity (Wildman–Crippen MR) is 94.8 cm³/mol. The van der Waals surface area contributed by atoms with Crippen LogP contribution in [-0.2, 0) is 13.2 Å². The SMILES string of the molecule is Cc1cc(-c2csc(=NC(=O)c3ccccc3)n2C)cc(C(F)(F)F)c1. The molecule has 0 aliphatic carbocycles. The van der Waals surface area contributed by atoms with E-state index < -0.39 is 17.6 Å². The van der Waals surface area contributed by atoms with Crippen LogP contribution in [0.15, 0.2) is 58.9 Å². The van der Waals surface area contributed by atoms with Gasteiger partial charge in [0, 0.05) is 18.0 Å². The van der Waals surface area contributed by atoms with Gasteiger partial charge in [-0.2, -0.15) is 18.2 Å². The van der Waals surface area contributed by atoms with Crippen molar-refractivity contribution in [3.05, 3.63) is 75.4 Å². The Labute approximate surface area is 152 Å². The number of thiazole rings is 1. The van der Waals surface area contributed by atoms with E-state index in [1.54, 1.807) is 60.3 Å². The van der Waals surface area contributed by atoms with Gasteiger partial charge in [0.05, 0.1) is 11.3 Å². The fourth-order valence-electron chi connectivity index (χ4n) is 2.56. The first-order valence-corrected chi connectivity index (χ1v) is 8.61. The molecule has 3 aromatic rings. The molecule has 26 heavy (non-hydrogen) atoms. The second-order valence-electron chi connectivity index (χ2n) is 5.83. The number of nitrogens with zero attached hydrogens (tertiary/aromatic N) is 2. The van der Waals surface area contributed by atoms with Gasteiger partial charge in [-0.25, -0.2) is 0 Å². The van der Waals surface area contributed by atoms with Crippen LogP contribution in [-0.4, -0.2) is 10.5 Å². The molecule has 0 radical (unpaired) electrons. The fraction of sp³-hybridized carbons (Fsp3) is 0.158. The van der Waals surface area contributed by atoms with Crippen LogP contribution in [0.3, 0.4) is 0 Å². The summed E-state index contributed by atoms with van der Waals surface area (Å²) in [4.78, 5) is 16.7. The summed E-state index contributed by atoms with van der Waals surface area (Å²) in [5, 5.41) is 1.70. The molecule has 0 aliphatic heterocycles. The molecule has 1 amide bonds. The van der Waals surface area contributed by atoms with Crippen molar-refractivity contribution in [1.29, 1.82) is 0 Å². The maximum atomic E-state index is 13.1. The van der Waals surface area contributed by atoms with Crippen LogP contribution in [0.1, 0.15) is 21.5 Å². The van der Waals surface area contributed by atoms with Gasteiger partial charge in [-0.05, 0) is 48.4 Å². The van der Waals surface area contributed by atoms with E-state index in [0.29, 0.717) is 27.2 Å². The Kier molecular flexibility index (Phi) is 4.82. The second-order valence-corrected chi connectivity index (χ2v) is 6.67. The molecule has 0 spiro atoms. The molecule has 7 heteroatoms. The maximum absolute atomic E-state index is 13.1. The molecule has 0 fully saturated rings. The lowest BCUT2D eigenvalue weighted by Gasteiger charge is -2.11. The van der Waals surface area contributed by atoms with E-state index in [0.717, 1.165) is 12.1 Å². The average Bonchev–Trinajstić information content (AvgIpc) is 2.95. The Morgan fingerprint density at radius 2 is 1.81 bits per heavy atom. The number of alkyl halides is 3. The lowest BCUT2D eigenvalue weighted by atomic mass is 10.0. The van der Waals surface area contributed by atoms with Crippen LogP contribution in [0.5, 0.6) is 0 Å². The molecule has 2 aromatic carbocycles. The van der Waals surface area contributed by atoms with Crippen LogP contribution in [0, 0.1) is 6.92 Å². The lowest BCUT2D eigenvalue weighted by molar-refractivity contribution is -0.137. The number of hydrogen-bond acceptors (Lipinski definition) is 2. The third kappa shape index (κ3) is 3.77. The van der Waals surface area contributed by atoms with Gasteiger partial charge in [0.1, 0.15) is 0 Å². The Bertz CT molecular complexity index is 1020. The third-order valence-electron chi connectivity index (χ3n) is 3.84. The summed E-state index contributed by atoms with van der Waals surface area (Å²) in [7, 11) is 1.68. The normalized spacial score (nSPS) is 12.4. The number of carbonyl (C=O) groups is 1. The molecule has 0 bridgehead atoms. The molecule has 0 aliphatic rings. The van der Waals surface area contributed by atoms with Crippen molar-refractivity contribution in [2.24, 2.45) is 12.0 Å². The summed E-state index contributed by atoms with van der Waals surface area (Å²) >= 11 is 1.21. The number of carbonyl (C=O) groups excluding carboxylic acids is 1. The molecule has 0 unspecified atom stereocenters. The minimum atomic E-state index is -4.41. The Hall–Kier alpha value is -2.67. The van der Waals surface area contributed by atoms with Gasteiger partial charge in [-0.3, -0.25) is 4.79 Å². The highest BCUT2D eigenvalue weighted by Crippen LogP contribution is 2.33. The molecular formula is C19H15F3N2OS. The van der Waals surface area contributed by atoms with E-state index in [-0.39, 0.29) is 0 Å². The predicted octanol–water partition coefficient (Wildman–Crippen LogP) is 4.82. The topological polar surface area (TPSA) is 34.4 Å². The summed E-state index contributed by atoms with van der Waals surface area (Å²) in [5.41, 5.74) is 1.28. The zero-order chi connectivity index (χ0) is 18.9. The van der Waals surface area contributed by atoms with Crippen molar-refractivity contribution in [2.45, 2.75) is 13.1 Å². The summed E-state index contributed by atoms with van der Waals surface area (Å²) in [6.45, 7) is 1.62. The summed E-state index contributed by atoms with van der Waals surface area (Å²) in [6.07, 6.45) is -4.41. The number of benzene rings is 2. The lowest BCUT2D eigenvalue weighted by Crippen LogP contribution is -2.14. The second kappa shape index (κ2) is 6.92. The molecule has 1 aromatic heterocycles. The van der Waals surface area contributed by atoms with E-state index >= 15 is 0 Å². The van der Waals surface area contributed by atoms with Gasteiger partial charge in [0.15, 0.2) is 4.80 Å². The van der Waals surface area contributed by atoms with E-state index in [1.807, 2.05) is 0 Å². The summed E-state index contributed by atoms with van der Waals surface area (Å²) in [6, 6.07) is 12.5. The van der Waals surface area contributed by atoms with Gasteiger partial charge in [-0.1, -0.05) is 18.2 Å². The highest BCUT2D eigenvalue weighted by atomic mass is 32.1. The maximum Gasteiger partial charge on any atom is 0.416 e. The standard InChI is InChI=1S/C19H15F3N2OS/c1-12-8-14(10-15(9-12)19(20,21)22)16-11-26-18(24(16)2)23-17(25)13-6-4-3-5-7-13/h3-11H,1-2H3. The molecule has 0 atom stereocenters. The van der Waals surface area contributed by atoms with Crippen LogP contribution < -0.4 is 4.80 Å². The Morgan fingerprint density at radius 1 is 1.12 bits per heavy atom. The number of rotatable bonds is 2. The molecule has 0 saturated carbocycles. The summed E-state index contributed by atoms with van der Waals surface area (Å²) < 4.78 is 40.8. The van der Waals surface area contributed by atoms with Crippen molar-refractivity contribution in [2.75, 3.05) is 0 Å². The van der Waals surface area contributed by atoms with Crippen LogP contribution in [0.25, 0.3) is 11.3 Å². The van der Waals surface area contributed by atoms with Crippen molar-refractivity contribution in [1.82, 2.24) is 4.57 Å². The first-order valence-electron chi connectivity index (χ1n) is 7.73. The molecular weight excluding hydrogens is 361 g/mol. The smallest absolute Gasteiger partial charge is 0.319 e. The van der Waals surface area contributed by atoms with Gasteiger partial charge in [0.25, 0.3) is 5.91 Å². The zero-order valence-corrected chi connectivity index (χ0v) is 14.9. The van der Waals surface area contributed by atoms with Crippen molar-refractivity contribution >= 4 is 17.2 Å². The fourth-order valence-corrected chi connectivity index (χ4v) is 3.46. The first-order chi connectivity index (χ1) is 12.3. The van der Waals surface area contributed by atoms with Gasteiger partial charge < -0.3 is 4.57 Å². The monoisotopic (exact) mass is 376 g/mol. The van der Waals surface area contributed by atoms with Gasteiger partial charge in [0.2, 0.25) is 0 Å². The van der Waals surface area contributed by atoms with Crippen LogP contribution >= 0.6 is 11.3 Å². The van der Waals surface area contributed by atoms with Crippen LogP contribution in [0.4, 0.5) is 13.2 Å². The van der Waals surface area contributed by atoms with E-state index in [2.05, 4.69) is 4.99 Å². The van der Waals surface area contributed by atoms with E-state index in [9.17, 15) is 18.0 Å².